The Morgan fingerprint density at radius 1 is 1.00 bits per heavy atom. The predicted octanol–water partition coefficient (Wildman–Crippen LogP) is 4.61. The van der Waals surface area contributed by atoms with Gasteiger partial charge in [-0.25, -0.2) is 0 Å². The number of benzene rings is 2. The van der Waals surface area contributed by atoms with Gasteiger partial charge in [0.1, 0.15) is 0 Å². The van der Waals surface area contributed by atoms with Gasteiger partial charge in [0.25, 0.3) is 0 Å². The van der Waals surface area contributed by atoms with Gasteiger partial charge in [0.05, 0.1) is 0 Å². The summed E-state index contributed by atoms with van der Waals surface area (Å²) in [5, 5.41) is 3.57. The van der Waals surface area contributed by atoms with E-state index in [0.29, 0.717) is 6.04 Å². The minimum atomic E-state index is 0.617. The van der Waals surface area contributed by atoms with Gasteiger partial charge in [-0.2, -0.15) is 0 Å². The maximum Gasteiger partial charge on any atom is 0.0374 e. The van der Waals surface area contributed by atoms with Crippen molar-refractivity contribution >= 4 is 5.69 Å². The number of aryl methyl sites for hydroxylation is 3. The molecule has 0 spiro atoms. The van der Waals surface area contributed by atoms with Crippen LogP contribution in [-0.4, -0.2) is 6.04 Å². The highest BCUT2D eigenvalue weighted by atomic mass is 14.9. The molecule has 1 nitrogen and oxygen atoms in total. The average Bonchev–Trinajstić information content (AvgIpc) is 2.48. The van der Waals surface area contributed by atoms with Gasteiger partial charge in [-0.3, -0.25) is 0 Å². The van der Waals surface area contributed by atoms with Crippen LogP contribution in [0.1, 0.15) is 36.5 Å². The number of hydrogen-bond donors (Lipinski definition) is 1. The second kappa shape index (κ2) is 6.13. The highest BCUT2D eigenvalue weighted by molar-refractivity contribution is 5.55. The fourth-order valence-corrected chi connectivity index (χ4v) is 3.00. The molecule has 1 heterocycles. The predicted molar refractivity (Wildman–Crippen MR) is 86.3 cm³/mol. The molecule has 0 aromatic heterocycles. The van der Waals surface area contributed by atoms with Crippen LogP contribution in [0.5, 0.6) is 0 Å². The van der Waals surface area contributed by atoms with Gasteiger partial charge in [0.15, 0.2) is 0 Å². The molecule has 0 amide bonds. The van der Waals surface area contributed by atoms with Crippen molar-refractivity contribution in [2.24, 2.45) is 0 Å². The summed E-state index contributed by atoms with van der Waals surface area (Å²) in [6, 6.07) is 18.3. The molecule has 0 bridgehead atoms. The molecule has 0 fully saturated rings. The van der Waals surface area contributed by atoms with Crippen molar-refractivity contribution in [3.63, 3.8) is 0 Å². The summed E-state index contributed by atoms with van der Waals surface area (Å²) in [6.07, 6.45) is 6.05. The molecule has 104 valence electrons. The van der Waals surface area contributed by atoms with Gasteiger partial charge in [-0.1, -0.05) is 42.5 Å². The first-order valence-electron chi connectivity index (χ1n) is 7.73. The van der Waals surface area contributed by atoms with Crippen molar-refractivity contribution in [2.45, 2.75) is 45.1 Å². The molecule has 1 aliphatic rings. The van der Waals surface area contributed by atoms with Crippen LogP contribution in [0.3, 0.4) is 0 Å². The summed E-state index contributed by atoms with van der Waals surface area (Å²) in [5.74, 6) is 0. The topological polar surface area (TPSA) is 12.0 Å². The third kappa shape index (κ3) is 3.22. The average molecular weight is 265 g/mol. The van der Waals surface area contributed by atoms with Crippen LogP contribution in [-0.2, 0) is 19.3 Å². The third-order valence-electron chi connectivity index (χ3n) is 4.19. The van der Waals surface area contributed by atoms with E-state index < -0.39 is 0 Å². The van der Waals surface area contributed by atoms with Gasteiger partial charge in [0, 0.05) is 11.7 Å². The van der Waals surface area contributed by atoms with Crippen LogP contribution < -0.4 is 5.32 Å². The largest absolute Gasteiger partial charge is 0.382 e. The molecule has 1 heteroatoms. The lowest BCUT2D eigenvalue weighted by atomic mass is 9.95. The van der Waals surface area contributed by atoms with Crippen molar-refractivity contribution in [1.29, 1.82) is 0 Å². The van der Waals surface area contributed by atoms with E-state index >= 15 is 0 Å². The maximum absolute atomic E-state index is 3.57. The van der Waals surface area contributed by atoms with Crippen molar-refractivity contribution in [3.05, 3.63) is 65.2 Å². The van der Waals surface area contributed by atoms with E-state index in [1.54, 1.807) is 0 Å². The zero-order valence-electron chi connectivity index (χ0n) is 12.2. The van der Waals surface area contributed by atoms with Crippen LogP contribution in [0.25, 0.3) is 0 Å². The maximum atomic E-state index is 3.57. The number of anilines is 1. The van der Waals surface area contributed by atoms with E-state index in [4.69, 9.17) is 0 Å². The SMILES string of the molecule is CC1CCc2cc(CCCc3ccccc3)ccc2N1. The highest BCUT2D eigenvalue weighted by Gasteiger charge is 2.13. The minimum absolute atomic E-state index is 0.617. The second-order valence-corrected chi connectivity index (χ2v) is 5.91. The molecule has 1 N–H and O–H groups in total. The number of hydrogen-bond acceptors (Lipinski definition) is 1. The normalized spacial score (nSPS) is 17.4. The molecular weight excluding hydrogens is 242 g/mol. The van der Waals surface area contributed by atoms with Gasteiger partial charge in [-0.15, -0.1) is 0 Å². The number of rotatable bonds is 4. The Morgan fingerprint density at radius 3 is 2.65 bits per heavy atom. The molecule has 0 radical (unpaired) electrons. The Labute approximate surface area is 122 Å². The Kier molecular flexibility index (Phi) is 4.05. The molecule has 1 atom stereocenters. The van der Waals surface area contributed by atoms with E-state index in [1.165, 1.54) is 54.5 Å². The number of fused-ring (bicyclic) bond motifs is 1. The lowest BCUT2D eigenvalue weighted by molar-refractivity contribution is 0.679. The fourth-order valence-electron chi connectivity index (χ4n) is 3.00. The van der Waals surface area contributed by atoms with Gasteiger partial charge >= 0.3 is 0 Å². The Bertz CT molecular complexity index is 559. The molecule has 1 aliphatic heterocycles. The smallest absolute Gasteiger partial charge is 0.0374 e. The summed E-state index contributed by atoms with van der Waals surface area (Å²) in [7, 11) is 0. The van der Waals surface area contributed by atoms with E-state index in [-0.39, 0.29) is 0 Å². The molecule has 0 saturated heterocycles. The van der Waals surface area contributed by atoms with Crippen molar-refractivity contribution in [3.8, 4) is 0 Å². The zero-order valence-corrected chi connectivity index (χ0v) is 12.2. The summed E-state index contributed by atoms with van der Waals surface area (Å²) in [6.45, 7) is 2.26. The molecule has 0 saturated carbocycles. The first-order valence-corrected chi connectivity index (χ1v) is 7.73. The monoisotopic (exact) mass is 265 g/mol. The summed E-state index contributed by atoms with van der Waals surface area (Å²) in [4.78, 5) is 0. The van der Waals surface area contributed by atoms with Crippen LogP contribution >= 0.6 is 0 Å². The van der Waals surface area contributed by atoms with Gasteiger partial charge in [0.2, 0.25) is 0 Å². The van der Waals surface area contributed by atoms with Gasteiger partial charge in [-0.05, 0) is 61.8 Å². The summed E-state index contributed by atoms with van der Waals surface area (Å²) >= 11 is 0. The van der Waals surface area contributed by atoms with Crippen molar-refractivity contribution < 1.29 is 0 Å². The first kappa shape index (κ1) is 13.2. The van der Waals surface area contributed by atoms with Crippen molar-refractivity contribution in [2.75, 3.05) is 5.32 Å². The van der Waals surface area contributed by atoms with Crippen LogP contribution in [0.2, 0.25) is 0 Å². The molecular formula is C19H23N. The van der Waals surface area contributed by atoms with E-state index in [9.17, 15) is 0 Å². The van der Waals surface area contributed by atoms with Crippen LogP contribution in [0, 0.1) is 0 Å². The standard InChI is InChI=1S/C19H23N/c1-15-10-12-18-14-17(11-13-19(18)20-15)9-5-8-16-6-3-2-4-7-16/h2-4,6-7,11,13-15,20H,5,8-10,12H2,1H3. The Hall–Kier alpha value is -1.76. The lowest BCUT2D eigenvalue weighted by Crippen LogP contribution is -2.21. The lowest BCUT2D eigenvalue weighted by Gasteiger charge is -2.24. The summed E-state index contributed by atoms with van der Waals surface area (Å²) < 4.78 is 0. The van der Waals surface area contributed by atoms with E-state index in [2.05, 4.69) is 60.8 Å². The fraction of sp³-hybridized carbons (Fsp3) is 0.368. The molecule has 20 heavy (non-hydrogen) atoms. The van der Waals surface area contributed by atoms with E-state index in [1.807, 2.05) is 0 Å². The molecule has 1 unspecified atom stereocenters. The third-order valence-corrected chi connectivity index (χ3v) is 4.19. The summed E-state index contributed by atoms with van der Waals surface area (Å²) in [5.41, 5.74) is 5.77. The molecule has 3 rings (SSSR count). The van der Waals surface area contributed by atoms with Crippen LogP contribution in [0.4, 0.5) is 5.69 Å². The Morgan fingerprint density at radius 2 is 1.80 bits per heavy atom. The van der Waals surface area contributed by atoms with E-state index in [0.717, 1.165) is 0 Å². The molecule has 2 aromatic carbocycles. The quantitative estimate of drug-likeness (QED) is 0.851. The number of nitrogens with one attached hydrogen (secondary N) is 1. The minimum Gasteiger partial charge on any atom is -0.382 e. The van der Waals surface area contributed by atoms with Crippen molar-refractivity contribution in [1.82, 2.24) is 0 Å². The van der Waals surface area contributed by atoms with Gasteiger partial charge < -0.3 is 5.32 Å². The van der Waals surface area contributed by atoms with Crippen LogP contribution in [0.15, 0.2) is 48.5 Å². The first-order chi connectivity index (χ1) is 9.81. The molecule has 2 aromatic rings. The Balaban J connectivity index is 1.58. The molecule has 0 aliphatic carbocycles. The zero-order chi connectivity index (χ0) is 13.8. The highest BCUT2D eigenvalue weighted by Crippen LogP contribution is 2.26. The second-order valence-electron chi connectivity index (χ2n) is 5.91.